The normalized spacial score (nSPS) is 15.4. The maximum atomic E-state index is 10.3. The van der Waals surface area contributed by atoms with Gasteiger partial charge in [0.15, 0.2) is 11.5 Å². The van der Waals surface area contributed by atoms with Crippen molar-refractivity contribution in [3.05, 3.63) is 46.5 Å². The van der Waals surface area contributed by atoms with Crippen molar-refractivity contribution in [2.24, 2.45) is 0 Å². The molecule has 0 atom stereocenters. The number of rotatable bonds is 2. The second kappa shape index (κ2) is 6.41. The second-order valence-corrected chi connectivity index (χ2v) is 7.09. The number of hydrogen-bond acceptors (Lipinski definition) is 4. The highest BCUT2D eigenvalue weighted by atomic mass is 35.5. The summed E-state index contributed by atoms with van der Waals surface area (Å²) in [6.07, 6.45) is 1.75. The molecule has 0 amide bonds. The van der Waals surface area contributed by atoms with Crippen molar-refractivity contribution in [2.45, 2.75) is 22.6 Å². The van der Waals surface area contributed by atoms with Crippen LogP contribution < -0.4 is 0 Å². The van der Waals surface area contributed by atoms with E-state index in [-0.39, 0.29) is 11.5 Å². The molecule has 3 nitrogen and oxygen atoms in total. The van der Waals surface area contributed by atoms with E-state index >= 15 is 0 Å². The largest absolute Gasteiger partial charge is 0.504 e. The smallest absolute Gasteiger partial charge is 0.171 e. The molecule has 2 N–H and O–H groups in total. The molecule has 2 aromatic carbocycles. The van der Waals surface area contributed by atoms with Crippen LogP contribution in [0.15, 0.2) is 40.1 Å². The first-order chi connectivity index (χ1) is 10.5. The van der Waals surface area contributed by atoms with Gasteiger partial charge in [-0.1, -0.05) is 23.4 Å². The fraction of sp³-hybridized carbons (Fsp3) is 0.294. The molecule has 0 unspecified atom stereocenters. The maximum Gasteiger partial charge on any atom is 0.171 e. The Morgan fingerprint density at radius 3 is 2.50 bits per heavy atom. The number of nitrogens with zero attached hydrogens (tertiary/aromatic N) is 1. The molecule has 5 heteroatoms. The van der Waals surface area contributed by atoms with Gasteiger partial charge in [0.1, 0.15) is 0 Å². The molecule has 0 saturated heterocycles. The number of likely N-dealkylation sites (N-methyl/N-ethyl adjacent to an activating group) is 1. The molecule has 116 valence electrons. The van der Waals surface area contributed by atoms with E-state index in [9.17, 15) is 10.2 Å². The van der Waals surface area contributed by atoms with Crippen LogP contribution in [-0.2, 0) is 12.8 Å². The van der Waals surface area contributed by atoms with Crippen LogP contribution in [0.25, 0.3) is 0 Å². The fourth-order valence-corrected chi connectivity index (χ4v) is 3.87. The standard InChI is InChI=1S/C17H18ClNO2S/c1-19-8-6-11-10-15(20)16(21)17(14(11)7-9-19)22-13-4-2-12(18)3-5-13/h2-5,10,20-21H,6-9H2,1H3. The summed E-state index contributed by atoms with van der Waals surface area (Å²) in [6, 6.07) is 9.21. The van der Waals surface area contributed by atoms with Crippen LogP contribution >= 0.6 is 23.4 Å². The fourth-order valence-electron chi connectivity index (χ4n) is 2.68. The van der Waals surface area contributed by atoms with Crippen molar-refractivity contribution >= 4 is 23.4 Å². The molecule has 0 aromatic heterocycles. The van der Waals surface area contributed by atoms with Gasteiger partial charge in [0, 0.05) is 23.0 Å². The Kier molecular flexibility index (Phi) is 4.52. The molecule has 0 radical (unpaired) electrons. The summed E-state index contributed by atoms with van der Waals surface area (Å²) in [7, 11) is 2.09. The van der Waals surface area contributed by atoms with E-state index in [0.717, 1.165) is 46.8 Å². The minimum atomic E-state index is -0.0419. The van der Waals surface area contributed by atoms with E-state index in [1.807, 2.05) is 24.3 Å². The topological polar surface area (TPSA) is 43.7 Å². The van der Waals surface area contributed by atoms with E-state index in [4.69, 9.17) is 11.6 Å². The van der Waals surface area contributed by atoms with Crippen LogP contribution in [0.2, 0.25) is 5.02 Å². The molecular formula is C17H18ClNO2S. The third-order valence-corrected chi connectivity index (χ3v) is 5.37. The van der Waals surface area contributed by atoms with Gasteiger partial charge in [0.05, 0.1) is 4.90 Å². The van der Waals surface area contributed by atoms with Gasteiger partial charge >= 0.3 is 0 Å². The summed E-state index contributed by atoms with van der Waals surface area (Å²) in [6.45, 7) is 1.91. The van der Waals surface area contributed by atoms with Gasteiger partial charge in [0.25, 0.3) is 0 Å². The predicted molar refractivity (Wildman–Crippen MR) is 90.3 cm³/mol. The van der Waals surface area contributed by atoms with E-state index in [0.29, 0.717) is 5.02 Å². The summed E-state index contributed by atoms with van der Waals surface area (Å²) in [5.74, 6) is -0.0666. The van der Waals surface area contributed by atoms with Gasteiger partial charge in [0.2, 0.25) is 0 Å². The molecule has 3 rings (SSSR count). The van der Waals surface area contributed by atoms with Crippen molar-refractivity contribution in [1.29, 1.82) is 0 Å². The monoisotopic (exact) mass is 335 g/mol. The number of halogens is 1. The van der Waals surface area contributed by atoms with E-state index in [1.165, 1.54) is 11.8 Å². The predicted octanol–water partition coefficient (Wildman–Crippen LogP) is 3.93. The third kappa shape index (κ3) is 3.19. The van der Waals surface area contributed by atoms with Gasteiger partial charge in [-0.25, -0.2) is 0 Å². The van der Waals surface area contributed by atoms with Crippen LogP contribution in [0.4, 0.5) is 0 Å². The molecule has 0 fully saturated rings. The van der Waals surface area contributed by atoms with Crippen LogP contribution in [0, 0.1) is 0 Å². The quantitative estimate of drug-likeness (QED) is 0.816. The lowest BCUT2D eigenvalue weighted by molar-refractivity contribution is 0.352. The SMILES string of the molecule is CN1CCc2cc(O)c(O)c(Sc3ccc(Cl)cc3)c2CC1. The average Bonchev–Trinajstić information content (AvgIpc) is 2.68. The van der Waals surface area contributed by atoms with Crippen molar-refractivity contribution in [1.82, 2.24) is 4.90 Å². The zero-order valence-corrected chi connectivity index (χ0v) is 13.9. The molecule has 2 aromatic rings. The third-order valence-electron chi connectivity index (χ3n) is 3.97. The Morgan fingerprint density at radius 1 is 1.09 bits per heavy atom. The van der Waals surface area contributed by atoms with Crippen LogP contribution in [0.5, 0.6) is 11.5 Å². The minimum absolute atomic E-state index is 0.0248. The minimum Gasteiger partial charge on any atom is -0.504 e. The lowest BCUT2D eigenvalue weighted by Crippen LogP contribution is -2.20. The summed E-state index contributed by atoms with van der Waals surface area (Å²) in [4.78, 5) is 4.02. The lowest BCUT2D eigenvalue weighted by atomic mass is 10.0. The van der Waals surface area contributed by atoms with Gasteiger partial charge in [-0.3, -0.25) is 0 Å². The summed E-state index contributed by atoms with van der Waals surface area (Å²) in [5.41, 5.74) is 2.26. The Bertz CT molecular complexity index is 688. The highest BCUT2D eigenvalue weighted by Crippen LogP contribution is 2.44. The first-order valence-corrected chi connectivity index (χ1v) is 8.42. The maximum absolute atomic E-state index is 10.3. The number of phenolic OH excluding ortho intramolecular Hbond substituents is 2. The average molecular weight is 336 g/mol. The summed E-state index contributed by atoms with van der Waals surface area (Å²) < 4.78 is 0. The Morgan fingerprint density at radius 2 is 1.77 bits per heavy atom. The number of fused-ring (bicyclic) bond motifs is 1. The van der Waals surface area contributed by atoms with Crippen molar-refractivity contribution < 1.29 is 10.2 Å². The van der Waals surface area contributed by atoms with Crippen molar-refractivity contribution in [2.75, 3.05) is 20.1 Å². The zero-order chi connectivity index (χ0) is 15.7. The van der Waals surface area contributed by atoms with Gasteiger partial charge in [-0.15, -0.1) is 0 Å². The van der Waals surface area contributed by atoms with Crippen molar-refractivity contribution in [3.63, 3.8) is 0 Å². The molecule has 0 saturated carbocycles. The molecular weight excluding hydrogens is 318 g/mol. The Hall–Kier alpha value is -1.36. The van der Waals surface area contributed by atoms with E-state index in [1.54, 1.807) is 6.07 Å². The molecule has 1 aliphatic rings. The highest BCUT2D eigenvalue weighted by Gasteiger charge is 2.21. The number of phenols is 2. The molecule has 22 heavy (non-hydrogen) atoms. The molecule has 1 heterocycles. The van der Waals surface area contributed by atoms with Gasteiger partial charge in [-0.05, 0) is 61.3 Å². The molecule has 0 aliphatic carbocycles. The van der Waals surface area contributed by atoms with E-state index in [2.05, 4.69) is 11.9 Å². The zero-order valence-electron chi connectivity index (χ0n) is 12.3. The number of hydrogen-bond donors (Lipinski definition) is 2. The molecule has 0 spiro atoms. The van der Waals surface area contributed by atoms with Crippen molar-refractivity contribution in [3.8, 4) is 11.5 Å². The van der Waals surface area contributed by atoms with Crippen LogP contribution in [0.3, 0.4) is 0 Å². The number of aromatic hydroxyl groups is 2. The highest BCUT2D eigenvalue weighted by molar-refractivity contribution is 7.99. The first kappa shape index (κ1) is 15.5. The Balaban J connectivity index is 2.02. The first-order valence-electron chi connectivity index (χ1n) is 7.23. The van der Waals surface area contributed by atoms with Gasteiger partial charge in [-0.2, -0.15) is 0 Å². The number of benzene rings is 2. The van der Waals surface area contributed by atoms with E-state index < -0.39 is 0 Å². The summed E-state index contributed by atoms with van der Waals surface area (Å²) >= 11 is 7.40. The molecule has 1 aliphatic heterocycles. The lowest BCUT2D eigenvalue weighted by Gasteiger charge is -2.15. The van der Waals surface area contributed by atoms with Gasteiger partial charge < -0.3 is 15.1 Å². The van der Waals surface area contributed by atoms with Crippen LogP contribution in [-0.4, -0.2) is 35.3 Å². The Labute approximate surface area is 139 Å². The van der Waals surface area contributed by atoms with Crippen LogP contribution in [0.1, 0.15) is 11.1 Å². The second-order valence-electron chi connectivity index (χ2n) is 5.57. The summed E-state index contributed by atoms with van der Waals surface area (Å²) in [5, 5.41) is 21.0. The molecule has 0 bridgehead atoms.